The molecule has 0 bridgehead atoms. The standard InChI is InChI=1S/C40H51N7O7/c1-7-30(35(48)39(52)43-26(6)28-16-12-9-13-17-28)44-37(50)32-20-29(54-23-27-14-10-8-11-15-27)22-47(32)40(53)34(25(4)5)46-38(51)33(24(2)3)45-36(49)31-21-41-18-19-42-31/h8-19,21,24-26,29-30,32-34H,7,20,22-23H2,1-6H3,(H,43,52)(H,44,50)(H,45,49)(H,46,51)/t26-,29+,30?,32-,33+,34+/m0/s1. The molecule has 1 aliphatic rings. The number of nitrogens with zero attached hydrogens (tertiary/aromatic N) is 3. The van der Waals surface area contributed by atoms with Crippen molar-refractivity contribution in [3.05, 3.63) is 96.1 Å². The van der Waals surface area contributed by atoms with Gasteiger partial charge in [-0.05, 0) is 36.3 Å². The summed E-state index contributed by atoms with van der Waals surface area (Å²) in [4.78, 5) is 90.6. The summed E-state index contributed by atoms with van der Waals surface area (Å²) < 4.78 is 6.18. The summed E-state index contributed by atoms with van der Waals surface area (Å²) >= 11 is 0. The minimum atomic E-state index is -1.15. The number of benzene rings is 2. The molecule has 6 atom stereocenters. The van der Waals surface area contributed by atoms with Crippen molar-refractivity contribution >= 4 is 35.3 Å². The third kappa shape index (κ3) is 11.0. The zero-order valence-electron chi connectivity index (χ0n) is 31.7. The molecule has 1 saturated heterocycles. The Balaban J connectivity index is 1.52. The van der Waals surface area contributed by atoms with Crippen molar-refractivity contribution in [3.63, 3.8) is 0 Å². The third-order valence-electron chi connectivity index (χ3n) is 9.35. The van der Waals surface area contributed by atoms with Crippen LogP contribution in [-0.4, -0.2) is 87.0 Å². The van der Waals surface area contributed by atoms with Gasteiger partial charge in [0.25, 0.3) is 11.8 Å². The molecule has 1 aromatic heterocycles. The Morgan fingerprint density at radius 2 is 1.46 bits per heavy atom. The maximum atomic E-state index is 14.4. The van der Waals surface area contributed by atoms with Crippen LogP contribution in [0.2, 0.25) is 0 Å². The number of likely N-dealkylation sites (tertiary alicyclic amines) is 1. The highest BCUT2D eigenvalue weighted by molar-refractivity contribution is 6.38. The fourth-order valence-electron chi connectivity index (χ4n) is 6.17. The van der Waals surface area contributed by atoms with E-state index < -0.39 is 77.6 Å². The predicted octanol–water partition coefficient (Wildman–Crippen LogP) is 2.90. The van der Waals surface area contributed by atoms with Crippen LogP contribution in [0.3, 0.4) is 0 Å². The number of amides is 5. The Hall–Kier alpha value is -5.50. The molecule has 0 spiro atoms. The van der Waals surface area contributed by atoms with Gasteiger partial charge in [-0.25, -0.2) is 4.98 Å². The van der Waals surface area contributed by atoms with Crippen molar-refractivity contribution < 1.29 is 33.5 Å². The van der Waals surface area contributed by atoms with Crippen molar-refractivity contribution in [2.75, 3.05) is 6.54 Å². The SMILES string of the molecule is CCC(NC(=O)[C@@H]1C[C@@H](OCc2ccccc2)CN1C(=O)[C@H](NC(=O)[C@H](NC(=O)c1cnccn1)C(C)C)C(C)C)C(=O)C(=O)N[C@@H](C)c1ccccc1. The minimum Gasteiger partial charge on any atom is -0.372 e. The number of aromatic nitrogens is 2. The van der Waals surface area contributed by atoms with Crippen LogP contribution in [0.4, 0.5) is 0 Å². The van der Waals surface area contributed by atoms with Crippen LogP contribution in [0.15, 0.2) is 79.3 Å². The van der Waals surface area contributed by atoms with Crippen LogP contribution in [-0.2, 0) is 35.3 Å². The minimum absolute atomic E-state index is 0.0342. The van der Waals surface area contributed by atoms with Gasteiger partial charge in [-0.2, -0.15) is 0 Å². The van der Waals surface area contributed by atoms with Crippen molar-refractivity contribution in [2.45, 2.75) is 97.3 Å². The molecular weight excluding hydrogens is 690 g/mol. The second-order valence-corrected chi connectivity index (χ2v) is 14.1. The summed E-state index contributed by atoms with van der Waals surface area (Å²) in [6.45, 7) is 10.8. The average Bonchev–Trinajstić information content (AvgIpc) is 3.62. The van der Waals surface area contributed by atoms with Crippen molar-refractivity contribution in [2.24, 2.45) is 11.8 Å². The topological polar surface area (TPSA) is 189 Å². The predicted molar refractivity (Wildman–Crippen MR) is 200 cm³/mol. The molecule has 1 unspecified atom stereocenters. The molecular formula is C40H51N7O7. The lowest BCUT2D eigenvalue weighted by atomic mass is 9.98. The first kappa shape index (κ1) is 41.3. The number of Topliss-reactive ketones (excluding diaryl/α,β-unsaturated/α-hetero) is 1. The molecule has 1 fully saturated rings. The molecule has 0 saturated carbocycles. The Kier molecular flexibility index (Phi) is 14.9. The normalized spacial score (nSPS) is 17.6. The Labute approximate surface area is 316 Å². The average molecular weight is 742 g/mol. The molecule has 288 valence electrons. The summed E-state index contributed by atoms with van der Waals surface area (Å²) in [5.41, 5.74) is 1.76. The number of ether oxygens (including phenoxy) is 1. The lowest BCUT2D eigenvalue weighted by Crippen LogP contribution is -2.59. The number of rotatable bonds is 17. The van der Waals surface area contributed by atoms with E-state index in [0.29, 0.717) is 0 Å². The van der Waals surface area contributed by atoms with E-state index in [9.17, 15) is 28.8 Å². The maximum absolute atomic E-state index is 14.4. The Bertz CT molecular complexity index is 1740. The van der Waals surface area contributed by atoms with E-state index >= 15 is 0 Å². The highest BCUT2D eigenvalue weighted by atomic mass is 16.5. The molecule has 2 aromatic carbocycles. The number of ketones is 1. The first-order valence-electron chi connectivity index (χ1n) is 18.3. The van der Waals surface area contributed by atoms with Gasteiger partial charge < -0.3 is 30.9 Å². The molecule has 0 radical (unpaired) electrons. The van der Waals surface area contributed by atoms with Gasteiger partial charge in [-0.1, -0.05) is 95.3 Å². The lowest BCUT2D eigenvalue weighted by molar-refractivity contribution is -0.144. The zero-order valence-corrected chi connectivity index (χ0v) is 31.7. The summed E-state index contributed by atoms with van der Waals surface area (Å²) in [5.74, 6) is -4.75. The van der Waals surface area contributed by atoms with E-state index in [1.165, 1.54) is 23.5 Å². The van der Waals surface area contributed by atoms with Gasteiger partial charge in [0, 0.05) is 25.4 Å². The molecule has 4 N–H and O–H groups in total. The van der Waals surface area contributed by atoms with E-state index in [-0.39, 0.29) is 37.6 Å². The van der Waals surface area contributed by atoms with E-state index in [2.05, 4.69) is 31.2 Å². The first-order chi connectivity index (χ1) is 25.8. The van der Waals surface area contributed by atoms with Crippen LogP contribution in [0.5, 0.6) is 0 Å². The molecule has 1 aliphatic heterocycles. The van der Waals surface area contributed by atoms with Gasteiger partial charge in [0.2, 0.25) is 23.5 Å². The molecule has 4 rings (SSSR count). The van der Waals surface area contributed by atoms with Crippen LogP contribution in [0.25, 0.3) is 0 Å². The van der Waals surface area contributed by atoms with Crippen LogP contribution in [0.1, 0.15) is 82.0 Å². The van der Waals surface area contributed by atoms with Crippen molar-refractivity contribution in [3.8, 4) is 0 Å². The number of hydrogen-bond donors (Lipinski definition) is 4. The van der Waals surface area contributed by atoms with E-state index in [4.69, 9.17) is 4.74 Å². The second-order valence-electron chi connectivity index (χ2n) is 14.1. The molecule has 5 amide bonds. The monoisotopic (exact) mass is 741 g/mol. The Morgan fingerprint density at radius 1 is 0.815 bits per heavy atom. The quantitative estimate of drug-likeness (QED) is 0.151. The van der Waals surface area contributed by atoms with Gasteiger partial charge in [0.05, 0.1) is 31.0 Å². The summed E-state index contributed by atoms with van der Waals surface area (Å²) in [6, 6.07) is 13.9. The van der Waals surface area contributed by atoms with E-state index in [0.717, 1.165) is 11.1 Å². The zero-order chi connectivity index (χ0) is 39.4. The summed E-state index contributed by atoms with van der Waals surface area (Å²) in [7, 11) is 0. The van der Waals surface area contributed by atoms with Crippen LogP contribution < -0.4 is 21.3 Å². The molecule has 54 heavy (non-hydrogen) atoms. The lowest BCUT2D eigenvalue weighted by Gasteiger charge is -2.32. The molecule has 2 heterocycles. The van der Waals surface area contributed by atoms with Gasteiger partial charge in [-0.3, -0.25) is 33.8 Å². The van der Waals surface area contributed by atoms with Crippen molar-refractivity contribution in [1.29, 1.82) is 0 Å². The van der Waals surface area contributed by atoms with Gasteiger partial charge in [0.15, 0.2) is 0 Å². The number of carbonyl (C=O) groups is 6. The van der Waals surface area contributed by atoms with Crippen LogP contribution >= 0.6 is 0 Å². The first-order valence-corrected chi connectivity index (χ1v) is 18.3. The number of hydrogen-bond acceptors (Lipinski definition) is 9. The third-order valence-corrected chi connectivity index (χ3v) is 9.35. The fourth-order valence-corrected chi connectivity index (χ4v) is 6.17. The maximum Gasteiger partial charge on any atom is 0.290 e. The van der Waals surface area contributed by atoms with Crippen molar-refractivity contribution in [1.82, 2.24) is 36.1 Å². The highest BCUT2D eigenvalue weighted by Gasteiger charge is 2.44. The fraction of sp³-hybridized carbons (Fsp3) is 0.450. The largest absolute Gasteiger partial charge is 0.372 e. The van der Waals surface area contributed by atoms with Gasteiger partial charge in [-0.15, -0.1) is 0 Å². The number of nitrogens with one attached hydrogen (secondary N) is 4. The molecule has 14 nitrogen and oxygen atoms in total. The second kappa shape index (κ2) is 19.5. The molecule has 14 heteroatoms. The van der Waals surface area contributed by atoms with E-state index in [1.54, 1.807) is 41.5 Å². The summed E-state index contributed by atoms with van der Waals surface area (Å²) in [5, 5.41) is 10.9. The molecule has 3 aromatic rings. The van der Waals surface area contributed by atoms with E-state index in [1.807, 2.05) is 60.7 Å². The number of carbonyl (C=O) groups excluding carboxylic acids is 6. The molecule has 0 aliphatic carbocycles. The van der Waals surface area contributed by atoms with Gasteiger partial charge >= 0.3 is 0 Å². The van der Waals surface area contributed by atoms with Crippen LogP contribution in [0, 0.1) is 11.8 Å². The highest BCUT2D eigenvalue weighted by Crippen LogP contribution is 2.25. The smallest absolute Gasteiger partial charge is 0.290 e. The summed E-state index contributed by atoms with van der Waals surface area (Å²) in [6.07, 6.45) is 3.78. The van der Waals surface area contributed by atoms with Gasteiger partial charge in [0.1, 0.15) is 23.8 Å². The Morgan fingerprint density at radius 3 is 2.06 bits per heavy atom.